The fraction of sp³-hybridized carbons (Fsp3) is 0.667. The van der Waals surface area contributed by atoms with Gasteiger partial charge >= 0.3 is 0 Å². The Kier molecular flexibility index (Phi) is 5.46. The van der Waals surface area contributed by atoms with Crippen molar-refractivity contribution in [3.63, 3.8) is 0 Å². The SMILES string of the molecule is CN(CCCNc1ccccn1)C1CCCCC1. The van der Waals surface area contributed by atoms with Crippen molar-refractivity contribution in [2.75, 3.05) is 25.5 Å². The summed E-state index contributed by atoms with van der Waals surface area (Å²) in [6, 6.07) is 6.81. The van der Waals surface area contributed by atoms with Crippen LogP contribution >= 0.6 is 0 Å². The predicted octanol–water partition coefficient (Wildman–Crippen LogP) is 3.15. The molecule has 0 unspecified atom stereocenters. The predicted molar refractivity (Wildman–Crippen MR) is 76.8 cm³/mol. The Hall–Kier alpha value is -1.09. The molecular formula is C15H25N3. The summed E-state index contributed by atoms with van der Waals surface area (Å²) in [6.07, 6.45) is 10.1. The monoisotopic (exact) mass is 247 g/mol. The van der Waals surface area contributed by atoms with Crippen LogP contribution in [0.4, 0.5) is 5.82 Å². The minimum atomic E-state index is 0.827. The molecule has 0 atom stereocenters. The van der Waals surface area contributed by atoms with Gasteiger partial charge in [-0.15, -0.1) is 0 Å². The summed E-state index contributed by atoms with van der Waals surface area (Å²) >= 11 is 0. The molecule has 0 saturated heterocycles. The smallest absolute Gasteiger partial charge is 0.125 e. The molecule has 1 N–H and O–H groups in total. The summed E-state index contributed by atoms with van der Waals surface area (Å²) in [7, 11) is 2.27. The van der Waals surface area contributed by atoms with Gasteiger partial charge in [-0.2, -0.15) is 0 Å². The maximum atomic E-state index is 4.26. The number of nitrogens with one attached hydrogen (secondary N) is 1. The van der Waals surface area contributed by atoms with Crippen LogP contribution < -0.4 is 5.32 Å². The highest BCUT2D eigenvalue weighted by Gasteiger charge is 2.16. The minimum absolute atomic E-state index is 0.827. The Morgan fingerprint density at radius 3 is 2.83 bits per heavy atom. The van der Waals surface area contributed by atoms with Crippen molar-refractivity contribution in [3.8, 4) is 0 Å². The van der Waals surface area contributed by atoms with Crippen LogP contribution in [-0.4, -0.2) is 36.1 Å². The summed E-state index contributed by atoms with van der Waals surface area (Å²) in [5.41, 5.74) is 0. The van der Waals surface area contributed by atoms with E-state index in [1.54, 1.807) is 0 Å². The lowest BCUT2D eigenvalue weighted by Gasteiger charge is -2.31. The standard InChI is InChI=1S/C15H25N3/c1-18(14-8-3-2-4-9-14)13-7-12-17-15-10-5-6-11-16-15/h5-6,10-11,14H,2-4,7-9,12-13H2,1H3,(H,16,17). The maximum absolute atomic E-state index is 4.26. The van der Waals surface area contributed by atoms with Crippen LogP contribution in [-0.2, 0) is 0 Å². The molecule has 0 bridgehead atoms. The van der Waals surface area contributed by atoms with Gasteiger partial charge in [-0.1, -0.05) is 25.3 Å². The van der Waals surface area contributed by atoms with E-state index >= 15 is 0 Å². The van der Waals surface area contributed by atoms with E-state index < -0.39 is 0 Å². The summed E-state index contributed by atoms with van der Waals surface area (Å²) in [5.74, 6) is 0.984. The molecule has 18 heavy (non-hydrogen) atoms. The summed E-state index contributed by atoms with van der Waals surface area (Å²) in [6.45, 7) is 2.19. The molecule has 1 saturated carbocycles. The first-order valence-corrected chi connectivity index (χ1v) is 7.21. The van der Waals surface area contributed by atoms with E-state index in [-0.39, 0.29) is 0 Å². The van der Waals surface area contributed by atoms with Crippen molar-refractivity contribution in [2.45, 2.75) is 44.6 Å². The minimum Gasteiger partial charge on any atom is -0.370 e. The van der Waals surface area contributed by atoms with Crippen molar-refractivity contribution >= 4 is 5.82 Å². The number of nitrogens with zero attached hydrogens (tertiary/aromatic N) is 2. The highest BCUT2D eigenvalue weighted by molar-refractivity contribution is 5.32. The third-order valence-electron chi connectivity index (χ3n) is 3.86. The molecule has 0 amide bonds. The van der Waals surface area contributed by atoms with Gasteiger partial charge in [-0.25, -0.2) is 4.98 Å². The molecule has 1 aromatic heterocycles. The van der Waals surface area contributed by atoms with Crippen LogP contribution in [0.5, 0.6) is 0 Å². The molecule has 3 nitrogen and oxygen atoms in total. The molecule has 100 valence electrons. The molecule has 0 aliphatic heterocycles. The normalized spacial score (nSPS) is 17.0. The molecule has 3 heteroatoms. The Morgan fingerprint density at radius 2 is 2.11 bits per heavy atom. The largest absolute Gasteiger partial charge is 0.370 e. The zero-order valence-corrected chi connectivity index (χ0v) is 11.4. The Labute approximate surface area is 111 Å². The molecule has 1 aliphatic carbocycles. The average molecular weight is 247 g/mol. The fourth-order valence-corrected chi connectivity index (χ4v) is 2.72. The number of hydrogen-bond donors (Lipinski definition) is 1. The Balaban J connectivity index is 1.60. The van der Waals surface area contributed by atoms with Gasteiger partial charge < -0.3 is 10.2 Å². The number of anilines is 1. The molecule has 0 radical (unpaired) electrons. The van der Waals surface area contributed by atoms with Crippen LogP contribution in [0.1, 0.15) is 38.5 Å². The maximum Gasteiger partial charge on any atom is 0.125 e. The molecular weight excluding hydrogens is 222 g/mol. The molecule has 1 aromatic rings. The van der Waals surface area contributed by atoms with Gasteiger partial charge in [0.2, 0.25) is 0 Å². The summed E-state index contributed by atoms with van der Waals surface area (Å²) < 4.78 is 0. The lowest BCUT2D eigenvalue weighted by atomic mass is 9.94. The van der Waals surface area contributed by atoms with Crippen molar-refractivity contribution in [2.24, 2.45) is 0 Å². The van der Waals surface area contributed by atoms with E-state index in [1.165, 1.54) is 45.1 Å². The molecule has 0 spiro atoms. The van der Waals surface area contributed by atoms with Crippen molar-refractivity contribution < 1.29 is 0 Å². The highest BCUT2D eigenvalue weighted by atomic mass is 15.1. The average Bonchev–Trinajstić information content (AvgIpc) is 2.45. The second kappa shape index (κ2) is 7.37. The third kappa shape index (κ3) is 4.30. The van der Waals surface area contributed by atoms with E-state index in [0.717, 1.165) is 18.4 Å². The molecule has 2 rings (SSSR count). The van der Waals surface area contributed by atoms with Crippen molar-refractivity contribution in [1.82, 2.24) is 9.88 Å². The molecule has 1 heterocycles. The van der Waals surface area contributed by atoms with E-state index in [9.17, 15) is 0 Å². The van der Waals surface area contributed by atoms with Crippen molar-refractivity contribution in [3.05, 3.63) is 24.4 Å². The zero-order chi connectivity index (χ0) is 12.6. The first kappa shape index (κ1) is 13.3. The van der Waals surface area contributed by atoms with Crippen LogP contribution in [0.3, 0.4) is 0 Å². The summed E-state index contributed by atoms with van der Waals surface area (Å²) in [4.78, 5) is 6.80. The van der Waals surface area contributed by atoms with Gasteiger partial charge in [0.15, 0.2) is 0 Å². The third-order valence-corrected chi connectivity index (χ3v) is 3.86. The Bertz CT molecular complexity index is 320. The second-order valence-corrected chi connectivity index (χ2v) is 5.27. The number of aromatic nitrogens is 1. The quantitative estimate of drug-likeness (QED) is 0.783. The first-order valence-electron chi connectivity index (χ1n) is 7.21. The molecule has 1 fully saturated rings. The number of rotatable bonds is 6. The van der Waals surface area contributed by atoms with Gasteiger partial charge in [0.1, 0.15) is 5.82 Å². The van der Waals surface area contributed by atoms with E-state index in [1.807, 2.05) is 24.4 Å². The molecule has 1 aliphatic rings. The van der Waals surface area contributed by atoms with E-state index in [2.05, 4.69) is 22.2 Å². The highest BCUT2D eigenvalue weighted by Crippen LogP contribution is 2.21. The van der Waals surface area contributed by atoms with Gasteiger partial charge in [0, 0.05) is 18.8 Å². The lowest BCUT2D eigenvalue weighted by Crippen LogP contribution is -2.34. The number of hydrogen-bond acceptors (Lipinski definition) is 3. The summed E-state index contributed by atoms with van der Waals surface area (Å²) in [5, 5.41) is 3.37. The van der Waals surface area contributed by atoms with Crippen LogP contribution in [0.15, 0.2) is 24.4 Å². The fourth-order valence-electron chi connectivity index (χ4n) is 2.72. The van der Waals surface area contributed by atoms with Gasteiger partial charge in [-0.05, 0) is 45.0 Å². The van der Waals surface area contributed by atoms with Gasteiger partial charge in [0.25, 0.3) is 0 Å². The van der Waals surface area contributed by atoms with Crippen LogP contribution in [0.2, 0.25) is 0 Å². The van der Waals surface area contributed by atoms with Crippen molar-refractivity contribution in [1.29, 1.82) is 0 Å². The first-order chi connectivity index (χ1) is 8.86. The molecule has 0 aromatic carbocycles. The second-order valence-electron chi connectivity index (χ2n) is 5.27. The lowest BCUT2D eigenvalue weighted by molar-refractivity contribution is 0.191. The van der Waals surface area contributed by atoms with Gasteiger partial charge in [0.05, 0.1) is 0 Å². The van der Waals surface area contributed by atoms with Crippen LogP contribution in [0, 0.1) is 0 Å². The van der Waals surface area contributed by atoms with Gasteiger partial charge in [-0.3, -0.25) is 0 Å². The zero-order valence-electron chi connectivity index (χ0n) is 11.4. The van der Waals surface area contributed by atoms with E-state index in [4.69, 9.17) is 0 Å². The van der Waals surface area contributed by atoms with Crippen LogP contribution in [0.25, 0.3) is 0 Å². The van der Waals surface area contributed by atoms with E-state index in [0.29, 0.717) is 0 Å². The number of pyridine rings is 1. The Morgan fingerprint density at radius 1 is 1.28 bits per heavy atom. The topological polar surface area (TPSA) is 28.2 Å².